The number of alkyl halides is 2. The van der Waals surface area contributed by atoms with Crippen molar-refractivity contribution in [3.63, 3.8) is 0 Å². The number of nitrogens with one attached hydrogen (secondary N) is 1. The molecule has 1 aliphatic carbocycles. The smallest absolute Gasteiger partial charge is 0.387 e. The zero-order chi connectivity index (χ0) is 17.0. The Balaban J connectivity index is 0.00000288. The molecular weight excluding hydrogens is 346 g/mol. The Kier molecular flexibility index (Phi) is 7.50. The third kappa shape index (κ3) is 5.10. The van der Waals surface area contributed by atoms with Crippen LogP contribution in [0.25, 0.3) is 0 Å². The van der Waals surface area contributed by atoms with Gasteiger partial charge in [-0.3, -0.25) is 4.79 Å². The van der Waals surface area contributed by atoms with E-state index in [9.17, 15) is 13.6 Å². The Morgan fingerprint density at radius 3 is 2.25 bits per heavy atom. The van der Waals surface area contributed by atoms with Gasteiger partial charge in [-0.25, -0.2) is 0 Å². The molecule has 24 heavy (non-hydrogen) atoms. The topological polar surface area (TPSA) is 82.8 Å². The van der Waals surface area contributed by atoms with Crippen molar-refractivity contribution in [1.82, 2.24) is 5.32 Å². The number of nitrogens with two attached hydrogens (primary N) is 1. The number of ether oxygens (including phenoxy) is 3. The molecule has 0 saturated heterocycles. The molecule has 6 nitrogen and oxygen atoms in total. The number of carbonyl (C=O) groups excluding carboxylic acids is 1. The minimum absolute atomic E-state index is 0. The summed E-state index contributed by atoms with van der Waals surface area (Å²) in [4.78, 5) is 12.2. The highest BCUT2D eigenvalue weighted by Gasteiger charge is 2.28. The van der Waals surface area contributed by atoms with Gasteiger partial charge in [-0.1, -0.05) is 0 Å². The Bertz CT molecular complexity index is 545. The van der Waals surface area contributed by atoms with E-state index in [0.717, 1.165) is 12.8 Å². The molecule has 3 N–H and O–H groups in total. The van der Waals surface area contributed by atoms with Crippen LogP contribution in [-0.4, -0.2) is 39.3 Å². The molecule has 1 aromatic carbocycles. The first-order valence-corrected chi connectivity index (χ1v) is 7.20. The summed E-state index contributed by atoms with van der Waals surface area (Å²) in [7, 11) is 2.58. The van der Waals surface area contributed by atoms with Crippen molar-refractivity contribution in [2.24, 2.45) is 11.7 Å². The van der Waals surface area contributed by atoms with E-state index in [4.69, 9.17) is 15.2 Å². The van der Waals surface area contributed by atoms with Crippen molar-refractivity contribution in [3.05, 3.63) is 17.7 Å². The highest BCUT2D eigenvalue weighted by molar-refractivity contribution is 5.95. The van der Waals surface area contributed by atoms with Crippen LogP contribution < -0.4 is 25.3 Å². The second-order valence-corrected chi connectivity index (χ2v) is 5.30. The van der Waals surface area contributed by atoms with E-state index in [1.165, 1.54) is 26.4 Å². The number of methoxy groups -OCH3 is 2. The second-order valence-electron chi connectivity index (χ2n) is 5.30. The lowest BCUT2D eigenvalue weighted by atomic mass is 10.1. The molecule has 1 atom stereocenters. The van der Waals surface area contributed by atoms with Gasteiger partial charge in [0, 0.05) is 18.2 Å². The van der Waals surface area contributed by atoms with Crippen molar-refractivity contribution in [2.45, 2.75) is 25.5 Å². The van der Waals surface area contributed by atoms with Gasteiger partial charge in [-0.05, 0) is 30.9 Å². The summed E-state index contributed by atoms with van der Waals surface area (Å²) < 4.78 is 39.4. The lowest BCUT2D eigenvalue weighted by molar-refractivity contribution is -0.0526. The van der Waals surface area contributed by atoms with Gasteiger partial charge >= 0.3 is 6.61 Å². The van der Waals surface area contributed by atoms with Crippen molar-refractivity contribution < 1.29 is 27.8 Å². The zero-order valence-corrected chi connectivity index (χ0v) is 14.2. The van der Waals surface area contributed by atoms with E-state index in [1.54, 1.807) is 0 Å². The monoisotopic (exact) mass is 366 g/mol. The molecule has 1 aliphatic rings. The molecule has 136 valence electrons. The quantitative estimate of drug-likeness (QED) is 0.737. The minimum atomic E-state index is -3.03. The van der Waals surface area contributed by atoms with Crippen LogP contribution in [0.1, 0.15) is 23.2 Å². The van der Waals surface area contributed by atoms with E-state index >= 15 is 0 Å². The van der Waals surface area contributed by atoms with Crippen LogP contribution in [0.5, 0.6) is 17.2 Å². The molecule has 0 bridgehead atoms. The molecule has 1 aromatic rings. The summed E-state index contributed by atoms with van der Waals surface area (Å²) in [6.45, 7) is -2.68. The summed E-state index contributed by atoms with van der Waals surface area (Å²) in [5.74, 6) is -0.207. The number of hydrogen-bond donors (Lipinski definition) is 2. The molecule has 0 heterocycles. The van der Waals surface area contributed by atoms with Gasteiger partial charge in [0.15, 0.2) is 11.5 Å². The third-order valence-corrected chi connectivity index (χ3v) is 3.66. The molecule has 1 fully saturated rings. The second kappa shape index (κ2) is 8.89. The van der Waals surface area contributed by atoms with Crippen LogP contribution in [-0.2, 0) is 0 Å². The van der Waals surface area contributed by atoms with Crippen LogP contribution in [0, 0.1) is 5.92 Å². The van der Waals surface area contributed by atoms with Crippen molar-refractivity contribution in [3.8, 4) is 17.2 Å². The van der Waals surface area contributed by atoms with Crippen LogP contribution in [0.15, 0.2) is 12.1 Å². The highest BCUT2D eigenvalue weighted by Crippen LogP contribution is 2.39. The Hall–Kier alpha value is -1.80. The molecule has 1 amide bonds. The van der Waals surface area contributed by atoms with Gasteiger partial charge in [0.25, 0.3) is 5.91 Å². The Labute approximate surface area is 145 Å². The van der Waals surface area contributed by atoms with Crippen molar-refractivity contribution in [1.29, 1.82) is 0 Å². The molecule has 0 aliphatic heterocycles. The first-order valence-electron chi connectivity index (χ1n) is 7.20. The summed E-state index contributed by atoms with van der Waals surface area (Å²) in [5, 5.41) is 2.72. The fraction of sp³-hybridized carbons (Fsp3) is 0.533. The van der Waals surface area contributed by atoms with Gasteiger partial charge in [-0.2, -0.15) is 8.78 Å². The van der Waals surface area contributed by atoms with Gasteiger partial charge in [0.1, 0.15) is 0 Å². The third-order valence-electron chi connectivity index (χ3n) is 3.66. The van der Waals surface area contributed by atoms with E-state index in [0.29, 0.717) is 12.5 Å². The summed E-state index contributed by atoms with van der Waals surface area (Å²) in [5.41, 5.74) is 6.14. The van der Waals surface area contributed by atoms with Crippen LogP contribution in [0.3, 0.4) is 0 Å². The average molecular weight is 367 g/mol. The first kappa shape index (κ1) is 20.2. The SMILES string of the molecule is COc1cc(C(=O)NCC(N)C2CC2)cc(OC)c1OC(F)F.Cl. The fourth-order valence-electron chi connectivity index (χ4n) is 2.22. The largest absolute Gasteiger partial charge is 0.493 e. The first-order chi connectivity index (χ1) is 11.0. The Morgan fingerprint density at radius 2 is 1.83 bits per heavy atom. The normalized spacial score (nSPS) is 14.6. The lowest BCUT2D eigenvalue weighted by Gasteiger charge is -2.16. The van der Waals surface area contributed by atoms with Gasteiger partial charge in [0.2, 0.25) is 5.75 Å². The number of carbonyl (C=O) groups is 1. The molecule has 0 radical (unpaired) electrons. The Morgan fingerprint density at radius 1 is 1.29 bits per heavy atom. The maximum atomic E-state index is 12.5. The number of halogens is 3. The van der Waals surface area contributed by atoms with Gasteiger partial charge in [-0.15, -0.1) is 12.4 Å². The predicted octanol–water partition coefficient (Wildman–Crippen LogP) is 2.19. The lowest BCUT2D eigenvalue weighted by Crippen LogP contribution is -2.38. The summed E-state index contributed by atoms with van der Waals surface area (Å²) in [6, 6.07) is 2.56. The molecular formula is C15H21ClF2N2O4. The van der Waals surface area contributed by atoms with Gasteiger partial charge in [0.05, 0.1) is 14.2 Å². The fourth-order valence-corrected chi connectivity index (χ4v) is 2.22. The summed E-state index contributed by atoms with van der Waals surface area (Å²) in [6.07, 6.45) is 2.16. The highest BCUT2D eigenvalue weighted by atomic mass is 35.5. The van der Waals surface area contributed by atoms with Crippen LogP contribution in [0.2, 0.25) is 0 Å². The maximum absolute atomic E-state index is 12.5. The number of rotatable bonds is 8. The van der Waals surface area contributed by atoms with E-state index < -0.39 is 6.61 Å². The van der Waals surface area contributed by atoms with E-state index in [-0.39, 0.29) is 47.2 Å². The standard InChI is InChI=1S/C15H20F2N2O4.ClH/c1-21-11-5-9(6-12(22-2)13(11)23-15(16)17)14(20)19-7-10(18)8-3-4-8;/h5-6,8,10,15H,3-4,7,18H2,1-2H3,(H,19,20);1H. The van der Waals surface area contributed by atoms with E-state index in [1.807, 2.05) is 0 Å². The van der Waals surface area contributed by atoms with Crippen LogP contribution in [0.4, 0.5) is 8.78 Å². The number of benzene rings is 1. The maximum Gasteiger partial charge on any atom is 0.387 e. The average Bonchev–Trinajstić information content (AvgIpc) is 3.36. The molecule has 0 aromatic heterocycles. The molecule has 0 spiro atoms. The number of amides is 1. The number of hydrogen-bond acceptors (Lipinski definition) is 5. The van der Waals surface area contributed by atoms with Gasteiger partial charge < -0.3 is 25.3 Å². The molecule has 9 heteroatoms. The van der Waals surface area contributed by atoms with Crippen molar-refractivity contribution in [2.75, 3.05) is 20.8 Å². The molecule has 1 saturated carbocycles. The molecule has 1 unspecified atom stereocenters. The van der Waals surface area contributed by atoms with Crippen molar-refractivity contribution >= 4 is 18.3 Å². The van der Waals surface area contributed by atoms with Crippen LogP contribution >= 0.6 is 12.4 Å². The summed E-state index contributed by atoms with van der Waals surface area (Å²) >= 11 is 0. The zero-order valence-electron chi connectivity index (χ0n) is 13.4. The molecule has 2 rings (SSSR count). The predicted molar refractivity (Wildman–Crippen MR) is 86.5 cm³/mol. The van der Waals surface area contributed by atoms with E-state index in [2.05, 4.69) is 10.1 Å². The minimum Gasteiger partial charge on any atom is -0.493 e.